The Balaban J connectivity index is 1.62. The molecular weight excluding hydrogens is 285 g/mol. The van der Waals surface area contributed by atoms with Crippen LogP contribution >= 0.6 is 0 Å². The SMILES string of the molecule is Cc1cn2cc(NC(=O)COc3cccc(F)c3)ccc2n1. The van der Waals surface area contributed by atoms with Gasteiger partial charge in [0.15, 0.2) is 6.61 Å². The van der Waals surface area contributed by atoms with E-state index in [0.29, 0.717) is 11.4 Å². The number of nitrogens with one attached hydrogen (secondary N) is 1. The van der Waals surface area contributed by atoms with Gasteiger partial charge in [0.05, 0.1) is 11.4 Å². The zero-order valence-electron chi connectivity index (χ0n) is 11.9. The van der Waals surface area contributed by atoms with Crippen LogP contribution in [0.5, 0.6) is 5.75 Å². The van der Waals surface area contributed by atoms with Crippen molar-refractivity contribution in [3.8, 4) is 5.75 Å². The fraction of sp³-hybridized carbons (Fsp3) is 0.125. The summed E-state index contributed by atoms with van der Waals surface area (Å²) in [6.07, 6.45) is 3.64. The number of hydrogen-bond donors (Lipinski definition) is 1. The van der Waals surface area contributed by atoms with Gasteiger partial charge in [-0.3, -0.25) is 4.79 Å². The lowest BCUT2D eigenvalue weighted by Crippen LogP contribution is -2.20. The molecule has 0 bridgehead atoms. The molecule has 0 unspecified atom stereocenters. The van der Waals surface area contributed by atoms with E-state index in [9.17, 15) is 9.18 Å². The van der Waals surface area contributed by atoms with E-state index in [1.807, 2.05) is 23.6 Å². The third kappa shape index (κ3) is 3.22. The van der Waals surface area contributed by atoms with Gasteiger partial charge in [-0.1, -0.05) is 6.07 Å². The number of benzene rings is 1. The number of aryl methyl sites for hydroxylation is 1. The third-order valence-electron chi connectivity index (χ3n) is 3.02. The van der Waals surface area contributed by atoms with Crippen molar-refractivity contribution in [3.63, 3.8) is 0 Å². The molecule has 1 N–H and O–H groups in total. The maximum Gasteiger partial charge on any atom is 0.262 e. The molecule has 0 saturated heterocycles. The van der Waals surface area contributed by atoms with Crippen LogP contribution in [0.2, 0.25) is 0 Å². The largest absolute Gasteiger partial charge is 0.484 e. The van der Waals surface area contributed by atoms with Gasteiger partial charge in [-0.2, -0.15) is 0 Å². The molecule has 0 spiro atoms. The fourth-order valence-electron chi connectivity index (χ4n) is 2.10. The molecule has 0 aliphatic carbocycles. The summed E-state index contributed by atoms with van der Waals surface area (Å²) < 4.78 is 20.1. The van der Waals surface area contributed by atoms with Crippen molar-refractivity contribution in [1.29, 1.82) is 0 Å². The fourth-order valence-corrected chi connectivity index (χ4v) is 2.10. The Hall–Kier alpha value is -2.89. The van der Waals surface area contributed by atoms with Crippen molar-refractivity contribution in [2.75, 3.05) is 11.9 Å². The van der Waals surface area contributed by atoms with Crippen molar-refractivity contribution in [1.82, 2.24) is 9.38 Å². The molecule has 3 aromatic rings. The first-order chi connectivity index (χ1) is 10.6. The van der Waals surface area contributed by atoms with Gasteiger partial charge in [0, 0.05) is 18.5 Å². The van der Waals surface area contributed by atoms with Gasteiger partial charge in [0.25, 0.3) is 5.91 Å². The average Bonchev–Trinajstić information content (AvgIpc) is 2.84. The number of carbonyl (C=O) groups is 1. The average molecular weight is 299 g/mol. The van der Waals surface area contributed by atoms with E-state index in [2.05, 4.69) is 10.3 Å². The first-order valence-electron chi connectivity index (χ1n) is 6.74. The van der Waals surface area contributed by atoms with Crippen LogP contribution in [0.25, 0.3) is 5.65 Å². The molecule has 0 atom stereocenters. The highest BCUT2D eigenvalue weighted by Crippen LogP contribution is 2.13. The van der Waals surface area contributed by atoms with E-state index in [1.165, 1.54) is 18.2 Å². The maximum absolute atomic E-state index is 13.0. The summed E-state index contributed by atoms with van der Waals surface area (Å²) in [7, 11) is 0. The van der Waals surface area contributed by atoms with Crippen LogP contribution in [0.1, 0.15) is 5.69 Å². The summed E-state index contributed by atoms with van der Waals surface area (Å²) in [6, 6.07) is 9.25. The molecule has 22 heavy (non-hydrogen) atoms. The molecule has 5 nitrogen and oxygen atoms in total. The molecule has 1 amide bonds. The van der Waals surface area contributed by atoms with Crippen molar-refractivity contribution in [3.05, 3.63) is 60.3 Å². The van der Waals surface area contributed by atoms with Crippen molar-refractivity contribution in [2.24, 2.45) is 0 Å². The van der Waals surface area contributed by atoms with E-state index in [4.69, 9.17) is 4.74 Å². The number of fused-ring (bicyclic) bond motifs is 1. The van der Waals surface area contributed by atoms with Gasteiger partial charge in [-0.15, -0.1) is 0 Å². The number of aromatic nitrogens is 2. The summed E-state index contributed by atoms with van der Waals surface area (Å²) in [4.78, 5) is 16.2. The summed E-state index contributed by atoms with van der Waals surface area (Å²) in [5, 5.41) is 2.72. The van der Waals surface area contributed by atoms with E-state index in [0.717, 1.165) is 11.3 Å². The Labute approximate surface area is 126 Å². The minimum absolute atomic E-state index is 0.190. The van der Waals surface area contributed by atoms with Crippen molar-refractivity contribution < 1.29 is 13.9 Å². The first kappa shape index (κ1) is 14.1. The summed E-state index contributed by atoms with van der Waals surface area (Å²) in [5.74, 6) is -0.407. The Kier molecular flexibility index (Phi) is 3.74. The molecule has 0 radical (unpaired) electrons. The maximum atomic E-state index is 13.0. The molecule has 1 aromatic carbocycles. The highest BCUT2D eigenvalue weighted by molar-refractivity contribution is 5.91. The second kappa shape index (κ2) is 5.85. The Morgan fingerprint density at radius 2 is 2.18 bits per heavy atom. The van der Waals surface area contributed by atoms with Gasteiger partial charge >= 0.3 is 0 Å². The molecule has 0 aliphatic heterocycles. The van der Waals surface area contributed by atoms with Crippen LogP contribution in [0.4, 0.5) is 10.1 Å². The van der Waals surface area contributed by atoms with E-state index < -0.39 is 5.82 Å². The summed E-state index contributed by atoms with van der Waals surface area (Å²) in [5.41, 5.74) is 2.35. The van der Waals surface area contributed by atoms with Crippen LogP contribution in [0, 0.1) is 12.7 Å². The van der Waals surface area contributed by atoms with Gasteiger partial charge in [-0.05, 0) is 31.2 Å². The number of imidazole rings is 1. The zero-order valence-corrected chi connectivity index (χ0v) is 11.9. The number of amides is 1. The predicted octanol–water partition coefficient (Wildman–Crippen LogP) is 2.80. The van der Waals surface area contributed by atoms with Crippen LogP contribution in [-0.2, 0) is 4.79 Å². The molecule has 0 aliphatic rings. The number of halogens is 1. The Morgan fingerprint density at radius 1 is 1.32 bits per heavy atom. The summed E-state index contributed by atoms with van der Waals surface area (Å²) >= 11 is 0. The number of rotatable bonds is 4. The van der Waals surface area contributed by atoms with Crippen LogP contribution in [0.15, 0.2) is 48.8 Å². The molecule has 2 aromatic heterocycles. The standard InChI is InChI=1S/C16H14FN3O2/c1-11-8-20-9-13(5-6-15(20)18-11)19-16(21)10-22-14-4-2-3-12(17)7-14/h2-9H,10H2,1H3,(H,19,21). The van der Waals surface area contributed by atoms with E-state index in [-0.39, 0.29) is 12.5 Å². The van der Waals surface area contributed by atoms with Gasteiger partial charge < -0.3 is 14.5 Å². The monoisotopic (exact) mass is 299 g/mol. The highest BCUT2D eigenvalue weighted by atomic mass is 19.1. The molecule has 3 rings (SSSR count). The van der Waals surface area contributed by atoms with Gasteiger partial charge in [0.1, 0.15) is 17.2 Å². The van der Waals surface area contributed by atoms with Gasteiger partial charge in [-0.25, -0.2) is 9.37 Å². The van der Waals surface area contributed by atoms with E-state index >= 15 is 0 Å². The number of pyridine rings is 1. The van der Waals surface area contributed by atoms with Crippen LogP contribution in [0.3, 0.4) is 0 Å². The molecular formula is C16H14FN3O2. The normalized spacial score (nSPS) is 10.6. The third-order valence-corrected chi connectivity index (χ3v) is 3.02. The molecule has 6 heteroatoms. The van der Waals surface area contributed by atoms with Crippen molar-refractivity contribution >= 4 is 17.2 Å². The quantitative estimate of drug-likeness (QED) is 0.806. The predicted molar refractivity (Wildman–Crippen MR) is 80.5 cm³/mol. The second-order valence-corrected chi connectivity index (χ2v) is 4.86. The number of nitrogens with zero attached hydrogens (tertiary/aromatic N) is 2. The number of anilines is 1. The lowest BCUT2D eigenvalue weighted by Gasteiger charge is -2.08. The molecule has 0 fully saturated rings. The lowest BCUT2D eigenvalue weighted by molar-refractivity contribution is -0.118. The lowest BCUT2D eigenvalue weighted by atomic mass is 10.3. The number of hydrogen-bond acceptors (Lipinski definition) is 3. The Morgan fingerprint density at radius 3 is 3.00 bits per heavy atom. The van der Waals surface area contributed by atoms with Crippen LogP contribution < -0.4 is 10.1 Å². The first-order valence-corrected chi connectivity index (χ1v) is 6.74. The molecule has 112 valence electrons. The summed E-state index contributed by atoms with van der Waals surface area (Å²) in [6.45, 7) is 1.71. The molecule has 2 heterocycles. The van der Waals surface area contributed by atoms with Gasteiger partial charge in [0.2, 0.25) is 0 Å². The highest BCUT2D eigenvalue weighted by Gasteiger charge is 2.06. The number of ether oxygens (including phenoxy) is 1. The zero-order chi connectivity index (χ0) is 15.5. The number of carbonyl (C=O) groups excluding carboxylic acids is 1. The minimum Gasteiger partial charge on any atom is -0.484 e. The van der Waals surface area contributed by atoms with E-state index in [1.54, 1.807) is 18.3 Å². The topological polar surface area (TPSA) is 55.6 Å². The van der Waals surface area contributed by atoms with Crippen LogP contribution in [-0.4, -0.2) is 21.9 Å². The smallest absolute Gasteiger partial charge is 0.262 e. The Bertz CT molecular complexity index is 829. The minimum atomic E-state index is -0.404. The van der Waals surface area contributed by atoms with Crippen molar-refractivity contribution in [2.45, 2.75) is 6.92 Å². The molecule has 0 saturated carbocycles. The second-order valence-electron chi connectivity index (χ2n) is 4.86.